The van der Waals surface area contributed by atoms with Gasteiger partial charge < -0.3 is 9.64 Å². The summed E-state index contributed by atoms with van der Waals surface area (Å²) in [7, 11) is -1.04. The molecule has 34 heavy (non-hydrogen) atoms. The van der Waals surface area contributed by atoms with Crippen LogP contribution in [-0.4, -0.2) is 44.2 Å². The summed E-state index contributed by atoms with van der Waals surface area (Å²) in [4.78, 5) is 14.8. The topological polar surface area (TPSA) is 66.9 Å². The highest BCUT2D eigenvalue weighted by molar-refractivity contribution is 7.89. The Hall–Kier alpha value is -3.60. The highest BCUT2D eigenvalue weighted by atomic mass is 32.2. The van der Waals surface area contributed by atoms with Crippen LogP contribution in [0, 0.1) is 19.3 Å². The summed E-state index contributed by atoms with van der Waals surface area (Å²) >= 11 is 0. The zero-order valence-corrected chi connectivity index (χ0v) is 20.4. The van der Waals surface area contributed by atoms with E-state index in [9.17, 15) is 13.2 Å². The van der Waals surface area contributed by atoms with E-state index in [0.29, 0.717) is 6.54 Å². The first-order valence-corrected chi connectivity index (χ1v) is 12.2. The van der Waals surface area contributed by atoms with Crippen molar-refractivity contribution in [1.82, 2.24) is 9.21 Å². The molecule has 0 N–H and O–H groups in total. The molecule has 0 bridgehead atoms. The number of amides is 1. The molecular weight excluding hydrogens is 448 g/mol. The van der Waals surface area contributed by atoms with E-state index in [4.69, 9.17) is 11.2 Å². The third kappa shape index (κ3) is 5.84. The smallest absolute Gasteiger partial charge is 0.254 e. The van der Waals surface area contributed by atoms with Crippen LogP contribution < -0.4 is 4.74 Å². The van der Waals surface area contributed by atoms with Gasteiger partial charge in [0.25, 0.3) is 5.91 Å². The third-order valence-corrected chi connectivity index (χ3v) is 7.23. The maximum absolute atomic E-state index is 13.4. The molecule has 3 aromatic carbocycles. The first-order valence-electron chi connectivity index (χ1n) is 10.7. The van der Waals surface area contributed by atoms with E-state index in [1.54, 1.807) is 6.07 Å². The molecule has 0 radical (unpaired) electrons. The second-order valence-electron chi connectivity index (χ2n) is 7.96. The van der Waals surface area contributed by atoms with Crippen LogP contribution in [0.5, 0.6) is 5.75 Å². The normalized spacial score (nSPS) is 11.1. The van der Waals surface area contributed by atoms with Crippen molar-refractivity contribution in [2.24, 2.45) is 0 Å². The first-order chi connectivity index (χ1) is 16.3. The van der Waals surface area contributed by atoms with Crippen molar-refractivity contribution in [3.05, 3.63) is 95.1 Å². The van der Waals surface area contributed by atoms with Crippen LogP contribution in [0.2, 0.25) is 0 Å². The number of aryl methyl sites for hydroxylation is 1. The van der Waals surface area contributed by atoms with Crippen molar-refractivity contribution < 1.29 is 17.9 Å². The zero-order valence-electron chi connectivity index (χ0n) is 19.6. The number of sulfonamides is 1. The van der Waals surface area contributed by atoms with Crippen molar-refractivity contribution in [3.63, 3.8) is 0 Å². The molecule has 0 spiro atoms. The molecule has 7 heteroatoms. The molecule has 0 saturated heterocycles. The van der Waals surface area contributed by atoms with E-state index < -0.39 is 10.0 Å². The van der Waals surface area contributed by atoms with E-state index >= 15 is 0 Å². The lowest BCUT2D eigenvalue weighted by atomic mass is 10.1. The fourth-order valence-corrected chi connectivity index (χ4v) is 4.85. The number of hydrogen-bond acceptors (Lipinski definition) is 4. The fourth-order valence-electron chi connectivity index (χ4n) is 3.51. The second-order valence-corrected chi connectivity index (χ2v) is 9.98. The Kier molecular flexibility index (Phi) is 8.11. The molecule has 0 aliphatic heterocycles. The van der Waals surface area contributed by atoms with Crippen LogP contribution >= 0.6 is 0 Å². The third-order valence-electron chi connectivity index (χ3n) is 5.41. The second kappa shape index (κ2) is 11.0. The Labute approximate surface area is 201 Å². The van der Waals surface area contributed by atoms with Gasteiger partial charge in [0.2, 0.25) is 10.0 Å². The van der Waals surface area contributed by atoms with E-state index in [1.165, 1.54) is 35.5 Å². The van der Waals surface area contributed by atoms with E-state index in [1.807, 2.05) is 61.5 Å². The molecule has 0 aliphatic carbocycles. The number of hydrogen-bond donors (Lipinski definition) is 0. The molecule has 176 valence electrons. The molecule has 0 atom stereocenters. The summed E-state index contributed by atoms with van der Waals surface area (Å²) in [5, 5.41) is 0. The minimum Gasteiger partial charge on any atom is -0.495 e. The Morgan fingerprint density at radius 3 is 2.24 bits per heavy atom. The van der Waals surface area contributed by atoms with Crippen molar-refractivity contribution in [2.75, 3.05) is 20.7 Å². The highest BCUT2D eigenvalue weighted by Gasteiger charge is 2.27. The number of terminal acetylenes is 1. The fraction of sp³-hybridized carbons (Fsp3) is 0.222. The maximum atomic E-state index is 13.4. The van der Waals surface area contributed by atoms with Gasteiger partial charge in [-0.1, -0.05) is 66.1 Å². The van der Waals surface area contributed by atoms with Crippen LogP contribution in [0.4, 0.5) is 0 Å². The molecule has 0 aromatic heterocycles. The summed E-state index contributed by atoms with van der Waals surface area (Å²) in [6.45, 7) is 2.57. The minimum absolute atomic E-state index is 0.0738. The number of carbonyl (C=O) groups is 1. The average molecular weight is 477 g/mol. The monoisotopic (exact) mass is 476 g/mol. The zero-order chi connectivity index (χ0) is 24.7. The number of nitrogens with zero attached hydrogens (tertiary/aromatic N) is 2. The largest absolute Gasteiger partial charge is 0.495 e. The van der Waals surface area contributed by atoms with Gasteiger partial charge in [-0.15, -0.1) is 6.42 Å². The Morgan fingerprint density at radius 2 is 1.62 bits per heavy atom. The number of benzene rings is 3. The van der Waals surface area contributed by atoms with E-state index in [2.05, 4.69) is 5.92 Å². The molecule has 0 aliphatic rings. The van der Waals surface area contributed by atoms with Crippen LogP contribution in [0.15, 0.2) is 77.7 Å². The minimum atomic E-state index is -3.94. The van der Waals surface area contributed by atoms with E-state index in [-0.39, 0.29) is 35.2 Å². The highest BCUT2D eigenvalue weighted by Crippen LogP contribution is 2.29. The van der Waals surface area contributed by atoms with Crippen molar-refractivity contribution in [2.45, 2.75) is 24.9 Å². The Bertz CT molecular complexity index is 1280. The van der Waals surface area contributed by atoms with Crippen LogP contribution in [0.1, 0.15) is 27.0 Å². The molecule has 3 rings (SSSR count). The number of rotatable bonds is 9. The molecule has 1 amide bonds. The quantitative estimate of drug-likeness (QED) is 0.436. The van der Waals surface area contributed by atoms with Gasteiger partial charge >= 0.3 is 0 Å². The number of methoxy groups -OCH3 is 1. The Morgan fingerprint density at radius 1 is 0.971 bits per heavy atom. The lowest BCUT2D eigenvalue weighted by molar-refractivity contribution is 0.0765. The van der Waals surface area contributed by atoms with E-state index in [0.717, 1.165) is 16.7 Å². The predicted molar refractivity (Wildman–Crippen MR) is 133 cm³/mol. The standard InChI is InChI=1S/C27H28N2O4S/c1-5-17-29(20-23-13-11-21(2)12-14-23)27(30)24-15-16-25(33-4)26(18-24)34(31,32)28(3)19-22-9-7-6-8-10-22/h1,6-16,18H,17,19-20H2,2-4H3. The maximum Gasteiger partial charge on any atom is 0.254 e. The molecular formula is C27H28N2O4S. The van der Waals surface area contributed by atoms with Crippen molar-refractivity contribution in [3.8, 4) is 18.1 Å². The first kappa shape index (κ1) is 25.0. The summed E-state index contributed by atoms with van der Waals surface area (Å²) in [6, 6.07) is 21.5. The van der Waals surface area contributed by atoms with Gasteiger partial charge in [-0.3, -0.25) is 4.79 Å². The lowest BCUT2D eigenvalue weighted by Crippen LogP contribution is -2.31. The van der Waals surface area contributed by atoms with Gasteiger partial charge in [-0.25, -0.2) is 8.42 Å². The number of carbonyl (C=O) groups excluding carboxylic acids is 1. The lowest BCUT2D eigenvalue weighted by Gasteiger charge is -2.22. The Balaban J connectivity index is 1.92. The summed E-state index contributed by atoms with van der Waals surface area (Å²) in [5.41, 5.74) is 3.11. The van der Waals surface area contributed by atoms with Gasteiger partial charge in [-0.2, -0.15) is 4.31 Å². The molecule has 0 saturated carbocycles. The van der Waals surface area contributed by atoms with Crippen LogP contribution in [-0.2, 0) is 23.1 Å². The molecule has 0 unspecified atom stereocenters. The molecule has 0 fully saturated rings. The molecule has 0 heterocycles. The molecule has 6 nitrogen and oxygen atoms in total. The number of ether oxygens (including phenoxy) is 1. The average Bonchev–Trinajstić information content (AvgIpc) is 2.84. The van der Waals surface area contributed by atoms with Gasteiger partial charge in [0.1, 0.15) is 10.6 Å². The van der Waals surface area contributed by atoms with Gasteiger partial charge in [-0.05, 0) is 36.2 Å². The van der Waals surface area contributed by atoms with Crippen molar-refractivity contribution in [1.29, 1.82) is 0 Å². The van der Waals surface area contributed by atoms with Crippen LogP contribution in [0.3, 0.4) is 0 Å². The van der Waals surface area contributed by atoms with Gasteiger partial charge in [0.15, 0.2) is 0 Å². The van der Waals surface area contributed by atoms with Gasteiger partial charge in [0, 0.05) is 25.7 Å². The van der Waals surface area contributed by atoms with Crippen molar-refractivity contribution >= 4 is 15.9 Å². The summed E-state index contributed by atoms with van der Waals surface area (Å²) in [5.74, 6) is 2.32. The SMILES string of the molecule is C#CCN(Cc1ccc(C)cc1)C(=O)c1ccc(OC)c(S(=O)(=O)N(C)Cc2ccccc2)c1. The summed E-state index contributed by atoms with van der Waals surface area (Å²) < 4.78 is 33.4. The predicted octanol–water partition coefficient (Wildman–Crippen LogP) is 4.10. The molecule has 3 aromatic rings. The van der Waals surface area contributed by atoms with Crippen LogP contribution in [0.25, 0.3) is 0 Å². The van der Waals surface area contributed by atoms with Gasteiger partial charge in [0.05, 0.1) is 13.7 Å². The summed E-state index contributed by atoms with van der Waals surface area (Å²) in [6.07, 6.45) is 5.51.